The largest absolute Gasteiger partial charge is 0.267 e. The highest BCUT2D eigenvalue weighted by Crippen LogP contribution is 2.71. The molecule has 114 valence electrons. The third kappa shape index (κ3) is 1.83. The summed E-state index contributed by atoms with van der Waals surface area (Å²) < 4.78 is 28.7. The quantitative estimate of drug-likeness (QED) is 0.580. The van der Waals surface area contributed by atoms with Gasteiger partial charge < -0.3 is 0 Å². The molecule has 0 heterocycles. The van der Waals surface area contributed by atoms with Gasteiger partial charge in [0.1, 0.15) is 0 Å². The first-order chi connectivity index (χ1) is 9.08. The van der Waals surface area contributed by atoms with Crippen LogP contribution in [-0.4, -0.2) is 20.8 Å². The van der Waals surface area contributed by atoms with Crippen molar-refractivity contribution in [3.63, 3.8) is 0 Å². The van der Waals surface area contributed by atoms with E-state index in [1.165, 1.54) is 18.2 Å². The van der Waals surface area contributed by atoms with Crippen LogP contribution in [0.2, 0.25) is 0 Å². The molecule has 3 aliphatic rings. The van der Waals surface area contributed by atoms with Crippen LogP contribution in [-0.2, 0) is 14.3 Å². The van der Waals surface area contributed by atoms with Crippen LogP contribution in [0, 0.1) is 28.6 Å². The fourth-order valence-corrected chi connectivity index (χ4v) is 6.41. The minimum atomic E-state index is -3.38. The van der Waals surface area contributed by atoms with E-state index in [-0.39, 0.29) is 16.9 Å². The van der Waals surface area contributed by atoms with E-state index in [0.717, 1.165) is 12.8 Å². The Hall–Kier alpha value is -0.350. The van der Waals surface area contributed by atoms with Crippen molar-refractivity contribution in [3.8, 4) is 0 Å². The van der Waals surface area contributed by atoms with Gasteiger partial charge in [0.05, 0.1) is 12.4 Å². The molecular weight excluding hydrogens is 272 g/mol. The normalized spacial score (nSPS) is 46.1. The molecule has 3 aliphatic carbocycles. The molecule has 5 atom stereocenters. The molecule has 0 aromatic carbocycles. The molecule has 3 rings (SSSR count). The zero-order valence-electron chi connectivity index (χ0n) is 13.1. The van der Waals surface area contributed by atoms with E-state index in [1.807, 2.05) is 0 Å². The molecule has 2 bridgehead atoms. The number of hydrogen-bond donors (Lipinski definition) is 0. The number of fused-ring (bicyclic) bond motifs is 1. The molecular formula is C16H26O3S. The Morgan fingerprint density at radius 1 is 1.35 bits per heavy atom. The topological polar surface area (TPSA) is 43.4 Å². The summed E-state index contributed by atoms with van der Waals surface area (Å²) in [6, 6.07) is 0. The molecule has 2 saturated carbocycles. The average molecular weight is 298 g/mol. The van der Waals surface area contributed by atoms with Gasteiger partial charge in [0.15, 0.2) is 0 Å². The molecule has 0 N–H and O–H groups in total. The lowest BCUT2D eigenvalue weighted by molar-refractivity contribution is 0.0498. The summed E-state index contributed by atoms with van der Waals surface area (Å²) in [4.78, 5) is 0. The Balaban J connectivity index is 2.04. The third-order valence-electron chi connectivity index (χ3n) is 6.49. The van der Waals surface area contributed by atoms with Crippen molar-refractivity contribution in [1.29, 1.82) is 0 Å². The van der Waals surface area contributed by atoms with Gasteiger partial charge >= 0.3 is 0 Å². The maximum atomic E-state index is 11.6. The van der Waals surface area contributed by atoms with Crippen molar-refractivity contribution < 1.29 is 12.6 Å². The Kier molecular flexibility index (Phi) is 2.99. The predicted molar refractivity (Wildman–Crippen MR) is 79.7 cm³/mol. The van der Waals surface area contributed by atoms with Crippen molar-refractivity contribution in [2.45, 2.75) is 53.1 Å². The van der Waals surface area contributed by atoms with Crippen LogP contribution in [0.15, 0.2) is 11.6 Å². The maximum absolute atomic E-state index is 11.6. The summed E-state index contributed by atoms with van der Waals surface area (Å²) in [5.74, 6) is 1.46. The van der Waals surface area contributed by atoms with E-state index in [1.54, 1.807) is 0 Å². The van der Waals surface area contributed by atoms with E-state index >= 15 is 0 Å². The monoisotopic (exact) mass is 298 g/mol. The van der Waals surface area contributed by atoms with Gasteiger partial charge in [-0.2, -0.15) is 8.42 Å². The summed E-state index contributed by atoms with van der Waals surface area (Å²) in [5.41, 5.74) is 1.86. The second-order valence-corrected chi connectivity index (χ2v) is 9.52. The Labute approximate surface area is 122 Å². The predicted octanol–water partition coefficient (Wildman–Crippen LogP) is 3.37. The van der Waals surface area contributed by atoms with E-state index in [2.05, 4.69) is 33.8 Å². The van der Waals surface area contributed by atoms with E-state index in [0.29, 0.717) is 17.8 Å². The van der Waals surface area contributed by atoms with E-state index < -0.39 is 10.1 Å². The molecule has 0 amide bonds. The molecule has 1 spiro atoms. The van der Waals surface area contributed by atoms with E-state index in [4.69, 9.17) is 4.18 Å². The van der Waals surface area contributed by atoms with Gasteiger partial charge in [-0.1, -0.05) is 32.4 Å². The number of allylic oxidation sites excluding steroid dienone is 2. The summed E-state index contributed by atoms with van der Waals surface area (Å²) in [7, 11) is -3.38. The fourth-order valence-electron chi connectivity index (χ4n) is 5.78. The van der Waals surface area contributed by atoms with Crippen LogP contribution < -0.4 is 0 Å². The Morgan fingerprint density at radius 3 is 2.60 bits per heavy atom. The zero-order valence-corrected chi connectivity index (χ0v) is 14.0. The van der Waals surface area contributed by atoms with Gasteiger partial charge in [-0.3, -0.25) is 4.18 Å². The van der Waals surface area contributed by atoms with E-state index in [9.17, 15) is 8.42 Å². The number of rotatable bonds is 2. The molecule has 0 aliphatic heterocycles. The summed E-state index contributed by atoms with van der Waals surface area (Å²) in [5, 5.41) is 0. The minimum absolute atomic E-state index is 0.122. The van der Waals surface area contributed by atoms with Gasteiger partial charge in [0, 0.05) is 0 Å². The number of hydrogen-bond acceptors (Lipinski definition) is 3. The summed E-state index contributed by atoms with van der Waals surface area (Å²) in [6.07, 6.45) is 6.61. The minimum Gasteiger partial charge on any atom is -0.267 e. The van der Waals surface area contributed by atoms with Gasteiger partial charge in [-0.05, 0) is 54.8 Å². The molecule has 3 nitrogen and oxygen atoms in total. The highest BCUT2D eigenvalue weighted by molar-refractivity contribution is 7.86. The standard InChI is InChI=1S/C16H26O3S/c1-10-6-7-16-9-12(10)15(3,4)14(16)13(8-11(16)2)19-20(5,17)18/h6,11-14H,7-9H2,1-5H3/t11-,12+,13-,14+,16+/m1/s1. The first-order valence-electron chi connectivity index (χ1n) is 7.63. The average Bonchev–Trinajstić information content (AvgIpc) is 2.63. The molecule has 20 heavy (non-hydrogen) atoms. The molecule has 2 fully saturated rings. The highest BCUT2D eigenvalue weighted by atomic mass is 32.2. The van der Waals surface area contributed by atoms with Gasteiger partial charge in [-0.15, -0.1) is 0 Å². The molecule has 0 aromatic rings. The zero-order chi connectivity index (χ0) is 14.9. The van der Waals surface area contributed by atoms with Crippen LogP contribution in [0.5, 0.6) is 0 Å². The molecule has 0 aromatic heterocycles. The van der Waals surface area contributed by atoms with Gasteiger partial charge in [0.2, 0.25) is 0 Å². The van der Waals surface area contributed by atoms with Gasteiger partial charge in [0.25, 0.3) is 10.1 Å². The van der Waals surface area contributed by atoms with Crippen molar-refractivity contribution in [3.05, 3.63) is 11.6 Å². The first kappa shape index (κ1) is 14.6. The summed E-state index contributed by atoms with van der Waals surface area (Å²) >= 11 is 0. The highest BCUT2D eigenvalue weighted by Gasteiger charge is 2.67. The molecule has 0 saturated heterocycles. The van der Waals surface area contributed by atoms with Crippen LogP contribution in [0.1, 0.15) is 47.0 Å². The van der Waals surface area contributed by atoms with Crippen LogP contribution in [0.3, 0.4) is 0 Å². The SMILES string of the molecule is CC1=CC[C@@]23C[C@@H]1C(C)(C)[C@@H]2[C@H](OS(C)(=O)=O)C[C@H]3C. The summed E-state index contributed by atoms with van der Waals surface area (Å²) in [6.45, 7) is 9.13. The van der Waals surface area contributed by atoms with Crippen LogP contribution in [0.25, 0.3) is 0 Å². The molecule has 0 radical (unpaired) electrons. The van der Waals surface area contributed by atoms with Crippen molar-refractivity contribution >= 4 is 10.1 Å². The smallest absolute Gasteiger partial charge is 0.264 e. The van der Waals surface area contributed by atoms with Gasteiger partial charge in [-0.25, -0.2) is 0 Å². The van der Waals surface area contributed by atoms with Crippen LogP contribution >= 0.6 is 0 Å². The van der Waals surface area contributed by atoms with Crippen LogP contribution in [0.4, 0.5) is 0 Å². The maximum Gasteiger partial charge on any atom is 0.264 e. The lowest BCUT2D eigenvalue weighted by atomic mass is 9.67. The first-order valence-corrected chi connectivity index (χ1v) is 9.44. The lowest BCUT2D eigenvalue weighted by Crippen LogP contribution is -2.37. The van der Waals surface area contributed by atoms with Crippen molar-refractivity contribution in [2.24, 2.45) is 28.6 Å². The second-order valence-electron chi connectivity index (χ2n) is 7.92. The second kappa shape index (κ2) is 4.10. The molecule has 0 unspecified atom stereocenters. The van der Waals surface area contributed by atoms with Crippen molar-refractivity contribution in [2.75, 3.05) is 6.26 Å². The lowest BCUT2D eigenvalue weighted by Gasteiger charge is -2.38. The van der Waals surface area contributed by atoms with Crippen molar-refractivity contribution in [1.82, 2.24) is 0 Å². The Bertz CT molecular complexity index is 560. The fraction of sp³-hybridized carbons (Fsp3) is 0.875. The third-order valence-corrected chi connectivity index (χ3v) is 7.09. The molecule has 4 heteroatoms. The Morgan fingerprint density at radius 2 is 2.00 bits per heavy atom.